The van der Waals surface area contributed by atoms with Gasteiger partial charge in [-0.1, -0.05) is 12.1 Å². The zero-order chi connectivity index (χ0) is 13.8. The van der Waals surface area contributed by atoms with Crippen molar-refractivity contribution in [3.8, 4) is 0 Å². The average Bonchev–Trinajstić information content (AvgIpc) is 3.22. The number of carbonyl (C=O) groups excluding carboxylic acids is 1. The minimum atomic E-state index is -0.245. The molecule has 104 valence electrons. The average molecular weight is 261 g/mol. The second-order valence-corrected chi connectivity index (χ2v) is 5.64. The van der Waals surface area contributed by atoms with Gasteiger partial charge in [-0.15, -0.1) is 0 Å². The maximum absolute atomic E-state index is 11.4. The van der Waals surface area contributed by atoms with Crippen LogP contribution in [0.15, 0.2) is 24.3 Å². The second-order valence-electron chi connectivity index (χ2n) is 5.64. The van der Waals surface area contributed by atoms with Crippen LogP contribution in [0.4, 0.5) is 0 Å². The van der Waals surface area contributed by atoms with E-state index in [0.29, 0.717) is 11.6 Å². The number of nitrogen functional groups attached to an aromatic ring is 1. The Bertz CT molecular complexity index is 424. The maximum atomic E-state index is 11.4. The minimum absolute atomic E-state index is 0.245. The van der Waals surface area contributed by atoms with Crippen LogP contribution in [-0.2, 0) is 6.54 Å². The SMILES string of the molecule is CC(C)N(Cc1ccc(C(=O)NN)cc1)CC1CC1. The molecule has 1 aromatic rings. The Balaban J connectivity index is 1.98. The standard InChI is InChI=1S/C15H23N3O/c1-11(2)18(9-12-3-4-12)10-13-5-7-14(8-6-13)15(19)17-16/h5-8,11-12H,3-4,9-10,16H2,1-2H3,(H,17,19). The maximum Gasteiger partial charge on any atom is 0.265 e. The van der Waals surface area contributed by atoms with E-state index < -0.39 is 0 Å². The zero-order valence-corrected chi connectivity index (χ0v) is 11.7. The van der Waals surface area contributed by atoms with Crippen molar-refractivity contribution in [2.45, 2.75) is 39.3 Å². The number of nitrogens with two attached hydrogens (primary N) is 1. The van der Waals surface area contributed by atoms with E-state index in [1.807, 2.05) is 24.3 Å². The summed E-state index contributed by atoms with van der Waals surface area (Å²) in [6.45, 7) is 6.60. The number of amides is 1. The number of nitrogens with zero attached hydrogens (tertiary/aromatic N) is 1. The lowest BCUT2D eigenvalue weighted by Crippen LogP contribution is -2.32. The van der Waals surface area contributed by atoms with Gasteiger partial charge in [0.15, 0.2) is 0 Å². The second kappa shape index (κ2) is 6.17. The van der Waals surface area contributed by atoms with Gasteiger partial charge in [0.1, 0.15) is 0 Å². The third-order valence-corrected chi connectivity index (χ3v) is 3.65. The van der Waals surface area contributed by atoms with Gasteiger partial charge < -0.3 is 0 Å². The van der Waals surface area contributed by atoms with Crippen LogP contribution in [0.25, 0.3) is 0 Å². The van der Waals surface area contributed by atoms with Crippen LogP contribution in [0.2, 0.25) is 0 Å². The number of rotatable bonds is 6. The molecule has 0 unspecified atom stereocenters. The van der Waals surface area contributed by atoms with Crippen LogP contribution in [-0.4, -0.2) is 23.4 Å². The molecular weight excluding hydrogens is 238 g/mol. The van der Waals surface area contributed by atoms with Gasteiger partial charge in [-0.05, 0) is 50.3 Å². The van der Waals surface area contributed by atoms with Crippen LogP contribution in [0, 0.1) is 5.92 Å². The predicted octanol–water partition coefficient (Wildman–Crippen LogP) is 1.91. The lowest BCUT2D eigenvalue weighted by atomic mass is 10.1. The molecule has 0 aromatic heterocycles. The van der Waals surface area contributed by atoms with Crippen molar-refractivity contribution in [3.63, 3.8) is 0 Å². The van der Waals surface area contributed by atoms with E-state index in [1.165, 1.54) is 24.9 Å². The number of hydrazine groups is 1. The summed E-state index contributed by atoms with van der Waals surface area (Å²) < 4.78 is 0. The molecule has 0 bridgehead atoms. The summed E-state index contributed by atoms with van der Waals surface area (Å²) in [7, 11) is 0. The van der Waals surface area contributed by atoms with Gasteiger partial charge >= 0.3 is 0 Å². The number of hydrogen-bond acceptors (Lipinski definition) is 3. The fraction of sp³-hybridized carbons (Fsp3) is 0.533. The molecule has 0 spiro atoms. The van der Waals surface area contributed by atoms with Gasteiger partial charge in [0.25, 0.3) is 5.91 Å². The highest BCUT2D eigenvalue weighted by Gasteiger charge is 2.25. The van der Waals surface area contributed by atoms with Gasteiger partial charge in [-0.25, -0.2) is 5.84 Å². The molecule has 0 heterocycles. The van der Waals surface area contributed by atoms with Crippen molar-refractivity contribution in [3.05, 3.63) is 35.4 Å². The molecule has 2 rings (SSSR count). The Morgan fingerprint density at radius 1 is 1.37 bits per heavy atom. The Hall–Kier alpha value is -1.39. The molecule has 0 saturated heterocycles. The molecule has 19 heavy (non-hydrogen) atoms. The number of carbonyl (C=O) groups is 1. The van der Waals surface area contributed by atoms with Crippen molar-refractivity contribution in [2.75, 3.05) is 6.54 Å². The molecule has 1 saturated carbocycles. The summed E-state index contributed by atoms with van der Waals surface area (Å²) in [4.78, 5) is 13.9. The predicted molar refractivity (Wildman–Crippen MR) is 76.4 cm³/mol. The first-order valence-electron chi connectivity index (χ1n) is 6.94. The van der Waals surface area contributed by atoms with Crippen molar-refractivity contribution in [1.82, 2.24) is 10.3 Å². The van der Waals surface area contributed by atoms with E-state index in [0.717, 1.165) is 12.5 Å². The molecule has 4 nitrogen and oxygen atoms in total. The van der Waals surface area contributed by atoms with Crippen molar-refractivity contribution in [1.29, 1.82) is 0 Å². The van der Waals surface area contributed by atoms with Crippen LogP contribution >= 0.6 is 0 Å². The molecular formula is C15H23N3O. The molecule has 1 aliphatic carbocycles. The molecule has 1 fully saturated rings. The van der Waals surface area contributed by atoms with Gasteiger partial charge in [-0.3, -0.25) is 15.1 Å². The van der Waals surface area contributed by atoms with E-state index in [2.05, 4.69) is 24.2 Å². The van der Waals surface area contributed by atoms with Gasteiger partial charge in [0.2, 0.25) is 0 Å². The molecule has 0 radical (unpaired) electrons. The van der Waals surface area contributed by atoms with E-state index in [9.17, 15) is 4.79 Å². The molecule has 4 heteroatoms. The van der Waals surface area contributed by atoms with Gasteiger partial charge in [-0.2, -0.15) is 0 Å². The summed E-state index contributed by atoms with van der Waals surface area (Å²) in [5.41, 5.74) is 3.98. The van der Waals surface area contributed by atoms with Crippen LogP contribution in [0.3, 0.4) is 0 Å². The normalized spacial score (nSPS) is 15.0. The first-order chi connectivity index (χ1) is 9.10. The number of hydrogen-bond donors (Lipinski definition) is 2. The van der Waals surface area contributed by atoms with E-state index in [-0.39, 0.29) is 5.91 Å². The number of benzene rings is 1. The smallest absolute Gasteiger partial charge is 0.265 e. The molecule has 1 aromatic carbocycles. The molecule has 0 aliphatic heterocycles. The monoisotopic (exact) mass is 261 g/mol. The topological polar surface area (TPSA) is 58.4 Å². The fourth-order valence-electron chi connectivity index (χ4n) is 2.17. The Morgan fingerprint density at radius 2 is 2.00 bits per heavy atom. The van der Waals surface area contributed by atoms with Crippen LogP contribution in [0.5, 0.6) is 0 Å². The van der Waals surface area contributed by atoms with Crippen LogP contribution in [0.1, 0.15) is 42.6 Å². The summed E-state index contributed by atoms with van der Waals surface area (Å²) in [6.07, 6.45) is 2.75. The highest BCUT2D eigenvalue weighted by Crippen LogP contribution is 2.30. The van der Waals surface area contributed by atoms with Crippen molar-refractivity contribution in [2.24, 2.45) is 11.8 Å². The molecule has 1 amide bonds. The number of nitrogens with one attached hydrogen (secondary N) is 1. The molecule has 3 N–H and O–H groups in total. The minimum Gasteiger partial charge on any atom is -0.296 e. The lowest BCUT2D eigenvalue weighted by Gasteiger charge is -2.26. The Kier molecular flexibility index (Phi) is 4.56. The Morgan fingerprint density at radius 3 is 2.47 bits per heavy atom. The highest BCUT2D eigenvalue weighted by atomic mass is 16.2. The van der Waals surface area contributed by atoms with Gasteiger partial charge in [0.05, 0.1) is 0 Å². The summed E-state index contributed by atoms with van der Waals surface area (Å²) in [5, 5.41) is 0. The first kappa shape index (κ1) is 14.0. The summed E-state index contributed by atoms with van der Waals surface area (Å²) >= 11 is 0. The van der Waals surface area contributed by atoms with Crippen molar-refractivity contribution >= 4 is 5.91 Å². The van der Waals surface area contributed by atoms with E-state index in [1.54, 1.807) is 0 Å². The Labute approximate surface area is 114 Å². The summed E-state index contributed by atoms with van der Waals surface area (Å²) in [6, 6.07) is 8.22. The van der Waals surface area contributed by atoms with E-state index >= 15 is 0 Å². The third-order valence-electron chi connectivity index (χ3n) is 3.65. The zero-order valence-electron chi connectivity index (χ0n) is 11.7. The molecule has 1 aliphatic rings. The molecule has 0 atom stereocenters. The lowest BCUT2D eigenvalue weighted by molar-refractivity contribution is 0.0953. The first-order valence-corrected chi connectivity index (χ1v) is 6.94. The highest BCUT2D eigenvalue weighted by molar-refractivity contribution is 5.93. The largest absolute Gasteiger partial charge is 0.296 e. The quantitative estimate of drug-likeness (QED) is 0.467. The van der Waals surface area contributed by atoms with Crippen molar-refractivity contribution < 1.29 is 4.79 Å². The fourth-order valence-corrected chi connectivity index (χ4v) is 2.17. The van der Waals surface area contributed by atoms with Gasteiger partial charge in [0, 0.05) is 24.7 Å². The van der Waals surface area contributed by atoms with Crippen LogP contribution < -0.4 is 11.3 Å². The van der Waals surface area contributed by atoms with E-state index in [4.69, 9.17) is 5.84 Å². The third kappa shape index (κ3) is 4.04. The summed E-state index contributed by atoms with van der Waals surface area (Å²) in [5.74, 6) is 5.76.